The molecule has 0 aromatic carbocycles. The van der Waals surface area contributed by atoms with E-state index >= 15 is 0 Å². The summed E-state index contributed by atoms with van der Waals surface area (Å²) in [4.78, 5) is 11.5. The maximum Gasteiger partial charge on any atom is 0.325 e. The number of carbonyl (C=O) groups is 1. The van der Waals surface area contributed by atoms with Crippen LogP contribution in [0.25, 0.3) is 0 Å². The van der Waals surface area contributed by atoms with Crippen LogP contribution < -0.4 is 17.2 Å². The van der Waals surface area contributed by atoms with Crippen LogP contribution in [0.1, 0.15) is 6.92 Å². The SMILES string of the molecule is C=IC(I)C1(C(C)N)C(P)OC(=O)C(N)C1N. The first-order valence-corrected chi connectivity index (χ1v) is 9.72. The summed E-state index contributed by atoms with van der Waals surface area (Å²) >= 11 is 1.97. The van der Waals surface area contributed by atoms with Crippen LogP contribution in [0, 0.1) is 5.41 Å². The van der Waals surface area contributed by atoms with Crippen molar-refractivity contribution in [1.82, 2.24) is 0 Å². The summed E-state index contributed by atoms with van der Waals surface area (Å²) < 4.78 is 9.49. The summed E-state index contributed by atoms with van der Waals surface area (Å²) in [6, 6.07) is -1.54. The summed E-state index contributed by atoms with van der Waals surface area (Å²) in [5.41, 5.74) is 17.6. The van der Waals surface area contributed by atoms with Crippen LogP contribution in [0.4, 0.5) is 0 Å². The molecule has 6 N–H and O–H groups in total. The molecule has 0 amide bonds. The van der Waals surface area contributed by atoms with E-state index in [0.717, 1.165) is 0 Å². The maximum absolute atomic E-state index is 11.5. The minimum Gasteiger partial charge on any atom is -0.456 e. The Morgan fingerprint density at radius 3 is 2.59 bits per heavy atom. The molecule has 0 aromatic heterocycles. The number of cyclic esters (lactones) is 1. The molecule has 7 atom stereocenters. The molecule has 0 bridgehead atoms. The van der Waals surface area contributed by atoms with Gasteiger partial charge in [-0.05, 0) is 6.92 Å². The zero-order chi connectivity index (χ0) is 13.4. The fourth-order valence-electron chi connectivity index (χ4n) is 2.12. The van der Waals surface area contributed by atoms with Gasteiger partial charge in [-0.3, -0.25) is 4.79 Å². The highest BCUT2D eigenvalue weighted by Gasteiger charge is 2.58. The fraction of sp³-hybridized carbons (Fsp3) is 0.778. The van der Waals surface area contributed by atoms with E-state index < -0.39 is 29.3 Å². The van der Waals surface area contributed by atoms with E-state index in [1.165, 1.54) is 0 Å². The minimum atomic E-state index is -0.814. The van der Waals surface area contributed by atoms with E-state index in [0.29, 0.717) is 0 Å². The number of carbonyl (C=O) groups excluding carboxylic acids is 1. The molecule has 0 saturated carbocycles. The molecular formula is C9H18I2N3O2P. The Labute approximate surface area is 127 Å². The Morgan fingerprint density at radius 2 is 2.18 bits per heavy atom. The molecule has 7 unspecified atom stereocenters. The Morgan fingerprint density at radius 1 is 1.65 bits per heavy atom. The van der Waals surface area contributed by atoms with Gasteiger partial charge in [-0.25, -0.2) is 0 Å². The predicted octanol–water partition coefficient (Wildman–Crippen LogP) is -0.104. The highest BCUT2D eigenvalue weighted by atomic mass is 127. The highest BCUT2D eigenvalue weighted by Crippen LogP contribution is 2.49. The second-order valence-electron chi connectivity index (χ2n) is 4.15. The number of rotatable bonds is 3. The van der Waals surface area contributed by atoms with Gasteiger partial charge < -0.3 is 21.9 Å². The van der Waals surface area contributed by atoms with Crippen molar-refractivity contribution in [2.75, 3.05) is 0 Å². The van der Waals surface area contributed by atoms with Gasteiger partial charge in [0.2, 0.25) is 0 Å². The first-order valence-electron chi connectivity index (χ1n) is 5.04. The minimum absolute atomic E-state index is 0.190. The lowest BCUT2D eigenvalue weighted by atomic mass is 9.73. The standard InChI is InChI=1S/C9H18I2N3O2P/c1-3(12)9(7(10)11-2)5(14)4(13)6(15)16-8(9)17/h3-5,7-8H,2,12-14,17H2,1H3. The van der Waals surface area contributed by atoms with Gasteiger partial charge in [0.15, 0.2) is 0 Å². The van der Waals surface area contributed by atoms with Gasteiger partial charge in [0, 0.05) is 12.1 Å². The molecule has 1 aliphatic heterocycles. The van der Waals surface area contributed by atoms with Crippen molar-refractivity contribution in [2.45, 2.75) is 32.8 Å². The van der Waals surface area contributed by atoms with Crippen LogP contribution in [0.15, 0.2) is 0 Å². The third-order valence-electron chi connectivity index (χ3n) is 3.27. The number of alkyl halides is 2. The lowest BCUT2D eigenvalue weighted by molar-refractivity contribution is -0.162. The van der Waals surface area contributed by atoms with Crippen molar-refractivity contribution in [2.24, 2.45) is 22.6 Å². The predicted molar refractivity (Wildman–Crippen MR) is 90.6 cm³/mol. The average molecular weight is 485 g/mol. The molecule has 17 heavy (non-hydrogen) atoms. The number of halogens is 2. The lowest BCUT2D eigenvalue weighted by Gasteiger charge is -2.52. The molecule has 1 saturated heterocycles. The van der Waals surface area contributed by atoms with Gasteiger partial charge in [-0.1, -0.05) is 36.3 Å². The highest BCUT2D eigenvalue weighted by molar-refractivity contribution is 14.2. The van der Waals surface area contributed by atoms with Crippen molar-refractivity contribution < 1.29 is 9.53 Å². The lowest BCUT2D eigenvalue weighted by Crippen LogP contribution is -2.71. The Kier molecular flexibility index (Phi) is 5.75. The number of hydrogen-bond acceptors (Lipinski definition) is 5. The van der Waals surface area contributed by atoms with Gasteiger partial charge in [-0.2, -0.15) is 0 Å². The zero-order valence-electron chi connectivity index (χ0n) is 9.48. The number of esters is 1. The van der Waals surface area contributed by atoms with Crippen molar-refractivity contribution in [3.8, 4) is 0 Å². The first kappa shape index (κ1) is 16.2. The van der Waals surface area contributed by atoms with Gasteiger partial charge in [-0.15, -0.1) is 20.7 Å². The molecule has 0 radical (unpaired) electrons. The molecule has 0 spiro atoms. The van der Waals surface area contributed by atoms with Crippen molar-refractivity contribution >= 4 is 63.0 Å². The van der Waals surface area contributed by atoms with Gasteiger partial charge >= 0.3 is 5.97 Å². The van der Waals surface area contributed by atoms with Crippen LogP contribution in [-0.2, 0) is 9.53 Å². The number of nitrogens with two attached hydrogens (primary N) is 3. The summed E-state index contributed by atoms with van der Waals surface area (Å²) in [5, 5.41) is 0. The van der Waals surface area contributed by atoms with Gasteiger partial charge in [0.25, 0.3) is 0 Å². The van der Waals surface area contributed by atoms with Gasteiger partial charge in [0.05, 0.1) is 7.35 Å². The summed E-state index contributed by atoms with van der Waals surface area (Å²) in [7, 11) is 2.53. The van der Waals surface area contributed by atoms with Crippen LogP contribution in [0.3, 0.4) is 0 Å². The van der Waals surface area contributed by atoms with Crippen LogP contribution >= 0.6 is 52.6 Å². The molecular weight excluding hydrogens is 467 g/mol. The van der Waals surface area contributed by atoms with Crippen LogP contribution in [0.5, 0.6) is 0 Å². The monoisotopic (exact) mass is 485 g/mol. The fourth-order valence-corrected chi connectivity index (χ4v) is 7.19. The Hall–Kier alpha value is 1.11. The molecule has 8 heteroatoms. The maximum atomic E-state index is 11.5. The van der Waals surface area contributed by atoms with Crippen LogP contribution in [0.2, 0.25) is 0 Å². The Bertz CT molecular complexity index is 331. The molecule has 1 fully saturated rings. The first-order chi connectivity index (χ1) is 7.79. The zero-order valence-corrected chi connectivity index (χ0v) is 14.9. The van der Waals surface area contributed by atoms with E-state index in [2.05, 4.69) is 36.3 Å². The number of hydrogen-bond donors (Lipinski definition) is 3. The molecule has 1 heterocycles. The number of ether oxygens (including phenoxy) is 1. The van der Waals surface area contributed by atoms with Gasteiger partial charge in [0.1, 0.15) is 11.9 Å². The molecule has 1 aliphatic rings. The van der Waals surface area contributed by atoms with Crippen molar-refractivity contribution in [1.29, 1.82) is 0 Å². The normalized spacial score (nSPS) is 41.8. The molecule has 0 aromatic rings. The smallest absolute Gasteiger partial charge is 0.325 e. The second-order valence-corrected chi connectivity index (χ2v) is 10.5. The van der Waals surface area contributed by atoms with Crippen molar-refractivity contribution in [3.63, 3.8) is 0 Å². The molecule has 1 rings (SSSR count). The molecule has 0 aliphatic carbocycles. The largest absolute Gasteiger partial charge is 0.456 e. The summed E-state index contributed by atoms with van der Waals surface area (Å²) in [6.07, 6.45) is 0. The van der Waals surface area contributed by atoms with Crippen molar-refractivity contribution in [3.05, 3.63) is 0 Å². The van der Waals surface area contributed by atoms with E-state index in [1.807, 2.05) is 6.92 Å². The summed E-state index contributed by atoms with van der Waals surface area (Å²) in [6.45, 7) is 1.88. The quantitative estimate of drug-likeness (QED) is 0.224. The third-order valence-corrected chi connectivity index (χ3v) is 9.15. The topological polar surface area (TPSA) is 104 Å². The van der Waals surface area contributed by atoms with Crippen LogP contribution in [-0.4, -0.2) is 36.4 Å². The Balaban J connectivity index is 3.27. The molecule has 5 nitrogen and oxygen atoms in total. The van der Waals surface area contributed by atoms with E-state index in [1.54, 1.807) is 0 Å². The summed E-state index contributed by atoms with van der Waals surface area (Å²) in [5.74, 6) is -0.868. The molecule has 100 valence electrons. The van der Waals surface area contributed by atoms with E-state index in [-0.39, 0.29) is 28.7 Å². The van der Waals surface area contributed by atoms with E-state index in [4.69, 9.17) is 21.9 Å². The second kappa shape index (κ2) is 6.04. The average Bonchev–Trinajstić information content (AvgIpc) is 2.25. The third kappa shape index (κ3) is 2.55. The van der Waals surface area contributed by atoms with E-state index in [9.17, 15) is 4.79 Å².